The minimum atomic E-state index is -0.191. The molecule has 0 unspecified atom stereocenters. The van der Waals surface area contributed by atoms with Gasteiger partial charge in [0.25, 0.3) is 0 Å². The largest absolute Gasteiger partial charge is 0.459 e. The summed E-state index contributed by atoms with van der Waals surface area (Å²) in [6.45, 7) is 1.29. The molecule has 4 heteroatoms. The zero-order valence-electron chi connectivity index (χ0n) is 9.63. The molecule has 1 rings (SSSR count). The number of ether oxygens (including phenoxy) is 1. The molecule has 0 atom stereocenters. The second kappa shape index (κ2) is 6.51. The summed E-state index contributed by atoms with van der Waals surface area (Å²) in [5.74, 6) is -0.191. The van der Waals surface area contributed by atoms with Crippen LogP contribution in [0, 0.1) is 0 Å². The minimum Gasteiger partial charge on any atom is -0.459 e. The molecule has 0 heterocycles. The molecule has 0 aromatic heterocycles. The highest BCUT2D eigenvalue weighted by Gasteiger charge is 2.05. The maximum absolute atomic E-state index is 11.4. The normalized spacial score (nSPS) is 10.5. The quantitative estimate of drug-likeness (QED) is 0.766. The van der Waals surface area contributed by atoms with E-state index in [1.165, 1.54) is 4.90 Å². The average Bonchev–Trinajstić information content (AvgIpc) is 2.21. The van der Waals surface area contributed by atoms with Crippen molar-refractivity contribution in [3.63, 3.8) is 0 Å². The molecule has 0 saturated carbocycles. The van der Waals surface area contributed by atoms with Crippen LogP contribution >= 0.6 is 11.6 Å². The molecule has 0 bridgehead atoms. The summed E-state index contributed by atoms with van der Waals surface area (Å²) >= 11 is 5.75. The van der Waals surface area contributed by atoms with Crippen molar-refractivity contribution in [3.8, 4) is 0 Å². The number of benzene rings is 1. The fraction of sp³-hybridized carbons (Fsp3) is 0.417. The van der Waals surface area contributed by atoms with Crippen molar-refractivity contribution >= 4 is 17.6 Å². The highest BCUT2D eigenvalue weighted by atomic mass is 35.5. The zero-order chi connectivity index (χ0) is 12.0. The Labute approximate surface area is 101 Å². The highest BCUT2D eigenvalue weighted by Crippen LogP contribution is 2.10. The topological polar surface area (TPSA) is 30.7 Å². The number of hydrogen-bond donors (Lipinski definition) is 1. The Morgan fingerprint density at radius 3 is 2.50 bits per heavy atom. The third kappa shape index (κ3) is 5.14. The minimum absolute atomic E-state index is 0.191. The van der Waals surface area contributed by atoms with Crippen LogP contribution in [0.4, 0.5) is 0 Å². The molecule has 0 aliphatic rings. The van der Waals surface area contributed by atoms with E-state index in [2.05, 4.69) is 0 Å². The molecule has 3 nitrogen and oxygen atoms in total. The summed E-state index contributed by atoms with van der Waals surface area (Å²) in [5.41, 5.74) is 0.923. The number of carbonyl (C=O) groups excluding carboxylic acids is 1. The Bertz CT molecular complexity index is 335. The van der Waals surface area contributed by atoms with E-state index in [-0.39, 0.29) is 5.97 Å². The lowest BCUT2D eigenvalue weighted by Gasteiger charge is -2.08. The lowest BCUT2D eigenvalue weighted by Crippen LogP contribution is -3.06. The van der Waals surface area contributed by atoms with E-state index in [0.717, 1.165) is 12.1 Å². The van der Waals surface area contributed by atoms with Crippen LogP contribution in [0.1, 0.15) is 5.56 Å². The molecular weight excluding hydrogens is 226 g/mol. The first-order valence-electron chi connectivity index (χ1n) is 5.27. The summed E-state index contributed by atoms with van der Waals surface area (Å²) < 4.78 is 5.09. The van der Waals surface area contributed by atoms with Gasteiger partial charge in [-0.15, -0.1) is 0 Å². The van der Waals surface area contributed by atoms with Gasteiger partial charge in [0.1, 0.15) is 13.2 Å². The van der Waals surface area contributed by atoms with E-state index in [4.69, 9.17) is 16.3 Å². The smallest absolute Gasteiger partial charge is 0.310 e. The van der Waals surface area contributed by atoms with E-state index in [9.17, 15) is 4.79 Å². The number of hydrogen-bond acceptors (Lipinski definition) is 2. The lowest BCUT2D eigenvalue weighted by molar-refractivity contribution is -0.858. The molecule has 0 radical (unpaired) electrons. The molecule has 16 heavy (non-hydrogen) atoms. The van der Waals surface area contributed by atoms with Crippen LogP contribution in [0.3, 0.4) is 0 Å². The number of quaternary nitrogens is 1. The van der Waals surface area contributed by atoms with Crippen molar-refractivity contribution in [3.05, 3.63) is 34.9 Å². The predicted molar refractivity (Wildman–Crippen MR) is 63.8 cm³/mol. The summed E-state index contributed by atoms with van der Waals surface area (Å²) in [6, 6.07) is 7.21. The molecule has 0 aliphatic heterocycles. The van der Waals surface area contributed by atoms with E-state index < -0.39 is 0 Å². The number of halogens is 1. The molecule has 0 amide bonds. The van der Waals surface area contributed by atoms with Gasteiger partial charge in [-0.25, -0.2) is 0 Å². The molecule has 0 fully saturated rings. The van der Waals surface area contributed by atoms with Crippen molar-refractivity contribution < 1.29 is 14.4 Å². The fourth-order valence-corrected chi connectivity index (χ4v) is 1.31. The predicted octanol–water partition coefficient (Wildman–Crippen LogP) is 0.570. The van der Waals surface area contributed by atoms with Gasteiger partial charge in [-0.3, -0.25) is 4.79 Å². The first-order valence-corrected chi connectivity index (χ1v) is 5.65. The Balaban J connectivity index is 2.31. The molecule has 0 aliphatic carbocycles. The Hall–Kier alpha value is -1.06. The molecular formula is C12H17ClNO2+. The van der Waals surface area contributed by atoms with Crippen LogP contribution in [0.25, 0.3) is 0 Å². The van der Waals surface area contributed by atoms with E-state index >= 15 is 0 Å². The summed E-state index contributed by atoms with van der Waals surface area (Å²) in [5, 5.41) is 0.674. The zero-order valence-corrected chi connectivity index (χ0v) is 10.4. The van der Waals surface area contributed by atoms with E-state index in [0.29, 0.717) is 18.1 Å². The molecule has 1 aromatic rings. The summed E-state index contributed by atoms with van der Waals surface area (Å²) in [4.78, 5) is 12.7. The molecule has 1 aromatic carbocycles. The van der Waals surface area contributed by atoms with Crippen LogP contribution in [0.5, 0.6) is 0 Å². The maximum atomic E-state index is 11.4. The molecule has 0 spiro atoms. The van der Waals surface area contributed by atoms with Crippen molar-refractivity contribution in [2.75, 3.05) is 27.2 Å². The van der Waals surface area contributed by atoms with Crippen LogP contribution in [-0.4, -0.2) is 33.2 Å². The van der Waals surface area contributed by atoms with Gasteiger partial charge in [-0.1, -0.05) is 23.7 Å². The van der Waals surface area contributed by atoms with Crippen molar-refractivity contribution in [2.45, 2.75) is 6.42 Å². The number of esters is 1. The average molecular weight is 243 g/mol. The molecule has 0 saturated heterocycles. The van der Waals surface area contributed by atoms with Crippen LogP contribution < -0.4 is 4.90 Å². The van der Waals surface area contributed by atoms with E-state index in [1.54, 1.807) is 12.1 Å². The summed E-state index contributed by atoms with van der Waals surface area (Å²) in [6.07, 6.45) is 0.305. The summed E-state index contributed by atoms with van der Waals surface area (Å²) in [7, 11) is 4.04. The van der Waals surface area contributed by atoms with Crippen molar-refractivity contribution in [2.24, 2.45) is 0 Å². The van der Waals surface area contributed by atoms with Gasteiger partial charge in [0, 0.05) is 5.02 Å². The number of likely N-dealkylation sites (N-methyl/N-ethyl adjacent to an activating group) is 1. The first kappa shape index (κ1) is 13.0. The lowest BCUT2D eigenvalue weighted by atomic mass is 10.2. The van der Waals surface area contributed by atoms with Crippen LogP contribution in [0.2, 0.25) is 5.02 Å². The van der Waals surface area contributed by atoms with E-state index in [1.807, 2.05) is 26.2 Å². The molecule has 88 valence electrons. The van der Waals surface area contributed by atoms with Crippen LogP contribution in [-0.2, 0) is 16.0 Å². The number of nitrogens with one attached hydrogen (secondary N) is 1. The Morgan fingerprint density at radius 2 is 1.94 bits per heavy atom. The van der Waals surface area contributed by atoms with Gasteiger partial charge >= 0.3 is 5.97 Å². The third-order valence-corrected chi connectivity index (χ3v) is 2.38. The SMILES string of the molecule is C[NH+](C)CCOC(=O)Cc1ccc(Cl)cc1. The second-order valence-electron chi connectivity index (χ2n) is 3.98. The van der Waals surface area contributed by atoms with Gasteiger partial charge in [-0.2, -0.15) is 0 Å². The van der Waals surface area contributed by atoms with Crippen LogP contribution in [0.15, 0.2) is 24.3 Å². The Kier molecular flexibility index (Phi) is 5.29. The number of rotatable bonds is 5. The van der Waals surface area contributed by atoms with Gasteiger partial charge in [0.2, 0.25) is 0 Å². The fourth-order valence-electron chi connectivity index (χ4n) is 1.19. The Morgan fingerprint density at radius 1 is 1.31 bits per heavy atom. The third-order valence-electron chi connectivity index (χ3n) is 2.13. The van der Waals surface area contributed by atoms with Gasteiger partial charge in [0.05, 0.1) is 20.5 Å². The van der Waals surface area contributed by atoms with Gasteiger partial charge in [-0.05, 0) is 17.7 Å². The number of carbonyl (C=O) groups is 1. The monoisotopic (exact) mass is 242 g/mol. The maximum Gasteiger partial charge on any atom is 0.310 e. The highest BCUT2D eigenvalue weighted by molar-refractivity contribution is 6.30. The van der Waals surface area contributed by atoms with Crippen molar-refractivity contribution in [1.29, 1.82) is 0 Å². The van der Waals surface area contributed by atoms with Crippen molar-refractivity contribution in [1.82, 2.24) is 0 Å². The molecule has 1 N–H and O–H groups in total. The second-order valence-corrected chi connectivity index (χ2v) is 4.42. The first-order chi connectivity index (χ1) is 7.58. The van der Waals surface area contributed by atoms with Gasteiger partial charge < -0.3 is 9.64 Å². The standard InChI is InChI=1S/C12H16ClNO2/c1-14(2)7-8-16-12(15)9-10-3-5-11(13)6-4-10/h3-6H,7-9H2,1-2H3/p+1. The van der Waals surface area contributed by atoms with Gasteiger partial charge in [0.15, 0.2) is 0 Å².